The van der Waals surface area contributed by atoms with E-state index in [1.54, 1.807) is 7.05 Å². The van der Waals surface area contributed by atoms with Crippen molar-refractivity contribution in [1.82, 2.24) is 20.1 Å². The smallest absolute Gasteiger partial charge is 0.184 e. The molecule has 26 heavy (non-hydrogen) atoms. The zero-order valence-electron chi connectivity index (χ0n) is 14.7. The molecule has 2 aromatic rings. The van der Waals surface area contributed by atoms with Crippen LogP contribution in [0.2, 0.25) is 0 Å². The Labute approximate surface area is 149 Å². The van der Waals surface area contributed by atoms with Gasteiger partial charge in [-0.25, -0.2) is 13.8 Å². The third-order valence-corrected chi connectivity index (χ3v) is 4.05. The molecule has 0 bridgehead atoms. The van der Waals surface area contributed by atoms with Gasteiger partial charge >= 0.3 is 0 Å². The monoisotopic (exact) mass is 362 g/mol. The van der Waals surface area contributed by atoms with Gasteiger partial charge in [0, 0.05) is 26.7 Å². The maximum absolute atomic E-state index is 13.9. The molecule has 9 heteroatoms. The van der Waals surface area contributed by atoms with Crippen LogP contribution >= 0.6 is 0 Å². The lowest BCUT2D eigenvalue weighted by atomic mass is 10.2. The number of benzene rings is 1. The van der Waals surface area contributed by atoms with E-state index in [0.717, 1.165) is 36.9 Å². The first kappa shape index (κ1) is 18.3. The van der Waals surface area contributed by atoms with Gasteiger partial charge in [-0.1, -0.05) is 0 Å². The van der Waals surface area contributed by atoms with Gasteiger partial charge < -0.3 is 4.74 Å². The summed E-state index contributed by atoms with van der Waals surface area (Å²) in [5, 5.41) is 14.8. The Hall–Kier alpha value is -2.52. The Balaban J connectivity index is 1.90. The molecular weight excluding hydrogens is 342 g/mol. The number of aromatic nitrogens is 3. The van der Waals surface area contributed by atoms with Gasteiger partial charge in [-0.15, -0.1) is 0 Å². The van der Waals surface area contributed by atoms with Crippen molar-refractivity contribution in [1.29, 1.82) is 0 Å². The number of morpholine rings is 1. The maximum Gasteiger partial charge on any atom is 0.184 e. The minimum Gasteiger partial charge on any atom is -0.379 e. The van der Waals surface area contributed by atoms with Crippen LogP contribution in [-0.4, -0.2) is 60.0 Å². The van der Waals surface area contributed by atoms with Crippen molar-refractivity contribution in [2.24, 2.45) is 10.2 Å². The maximum atomic E-state index is 13.9. The summed E-state index contributed by atoms with van der Waals surface area (Å²) in [6.45, 7) is 5.69. The SMILES string of the molecule is CN=N/C(=C(\C)CN1CCOCC1)c1nc(-c2cc(F)ccc2F)n[nH]1. The third kappa shape index (κ3) is 4.17. The van der Waals surface area contributed by atoms with Crippen molar-refractivity contribution in [3.63, 3.8) is 0 Å². The van der Waals surface area contributed by atoms with Crippen molar-refractivity contribution in [3.05, 3.63) is 41.2 Å². The average molecular weight is 362 g/mol. The highest BCUT2D eigenvalue weighted by Gasteiger charge is 2.18. The van der Waals surface area contributed by atoms with E-state index in [0.29, 0.717) is 31.3 Å². The largest absolute Gasteiger partial charge is 0.379 e. The van der Waals surface area contributed by atoms with E-state index < -0.39 is 11.6 Å². The number of halogens is 2. The number of azo groups is 1. The Kier molecular flexibility index (Phi) is 5.79. The Morgan fingerprint density at radius 2 is 2.08 bits per heavy atom. The molecule has 7 nitrogen and oxygen atoms in total. The fraction of sp³-hybridized carbons (Fsp3) is 0.412. The predicted octanol–water partition coefficient (Wildman–Crippen LogP) is 2.90. The van der Waals surface area contributed by atoms with Crippen LogP contribution in [0.5, 0.6) is 0 Å². The first-order valence-corrected chi connectivity index (χ1v) is 8.26. The molecule has 0 saturated carbocycles. The fourth-order valence-corrected chi connectivity index (χ4v) is 2.76. The molecule has 0 radical (unpaired) electrons. The van der Waals surface area contributed by atoms with E-state index in [1.807, 2.05) is 6.92 Å². The number of rotatable bonds is 5. The number of hydrogen-bond acceptors (Lipinski definition) is 6. The predicted molar refractivity (Wildman–Crippen MR) is 92.4 cm³/mol. The van der Waals surface area contributed by atoms with Crippen LogP contribution in [0.1, 0.15) is 12.7 Å². The minimum absolute atomic E-state index is 0.00822. The lowest BCUT2D eigenvalue weighted by Crippen LogP contribution is -2.37. The van der Waals surface area contributed by atoms with E-state index in [9.17, 15) is 8.78 Å². The Morgan fingerprint density at radius 1 is 1.31 bits per heavy atom. The zero-order valence-corrected chi connectivity index (χ0v) is 14.7. The number of nitrogens with zero attached hydrogens (tertiary/aromatic N) is 5. The van der Waals surface area contributed by atoms with Crippen LogP contribution in [0.3, 0.4) is 0 Å². The molecule has 2 heterocycles. The highest BCUT2D eigenvalue weighted by molar-refractivity contribution is 5.64. The number of H-pyrrole nitrogens is 1. The van der Waals surface area contributed by atoms with Gasteiger partial charge in [-0.3, -0.25) is 10.00 Å². The molecule has 1 aromatic heterocycles. The van der Waals surface area contributed by atoms with Crippen LogP contribution in [-0.2, 0) is 4.74 Å². The number of ether oxygens (including phenoxy) is 1. The second-order valence-electron chi connectivity index (χ2n) is 5.95. The van der Waals surface area contributed by atoms with Gasteiger partial charge in [-0.05, 0) is 30.7 Å². The minimum atomic E-state index is -0.593. The average Bonchev–Trinajstić information content (AvgIpc) is 3.12. The normalized spacial score (nSPS) is 16.9. The molecule has 1 saturated heterocycles. The van der Waals surface area contributed by atoms with Crippen molar-refractivity contribution in [3.8, 4) is 11.4 Å². The van der Waals surface area contributed by atoms with Crippen LogP contribution in [0.4, 0.5) is 8.78 Å². The highest BCUT2D eigenvalue weighted by Crippen LogP contribution is 2.24. The topological polar surface area (TPSA) is 78.8 Å². The molecule has 1 fully saturated rings. The lowest BCUT2D eigenvalue weighted by molar-refractivity contribution is 0.0423. The van der Waals surface area contributed by atoms with Gasteiger partial charge in [0.2, 0.25) is 0 Å². The summed E-state index contributed by atoms with van der Waals surface area (Å²) in [4.78, 5) is 6.53. The summed E-state index contributed by atoms with van der Waals surface area (Å²) in [6, 6.07) is 3.16. The standard InChI is InChI=1S/C17H20F2N6O/c1-11(10-25-5-7-26-8-6-25)15(22-20-2)17-21-16(23-24-17)13-9-12(18)3-4-14(13)19/h3-4,9H,5-8,10H2,1-2H3,(H,21,23,24)/b15-11+,22-20?. The van der Waals surface area contributed by atoms with Crippen molar-refractivity contribution >= 4 is 5.70 Å². The van der Waals surface area contributed by atoms with E-state index >= 15 is 0 Å². The quantitative estimate of drug-likeness (QED) is 0.830. The van der Waals surface area contributed by atoms with Crippen molar-refractivity contribution in [2.75, 3.05) is 39.9 Å². The summed E-state index contributed by atoms with van der Waals surface area (Å²) >= 11 is 0. The molecule has 3 rings (SSSR count). The number of hydrogen-bond donors (Lipinski definition) is 1. The molecule has 0 atom stereocenters. The third-order valence-electron chi connectivity index (χ3n) is 4.05. The van der Waals surface area contributed by atoms with Crippen LogP contribution in [0.15, 0.2) is 34.0 Å². The van der Waals surface area contributed by atoms with E-state index in [4.69, 9.17) is 4.74 Å². The summed E-state index contributed by atoms with van der Waals surface area (Å²) < 4.78 is 32.7. The van der Waals surface area contributed by atoms with Crippen LogP contribution < -0.4 is 0 Å². The first-order valence-electron chi connectivity index (χ1n) is 8.26. The molecule has 1 N–H and O–H groups in total. The van der Waals surface area contributed by atoms with Crippen molar-refractivity contribution in [2.45, 2.75) is 6.92 Å². The van der Waals surface area contributed by atoms with Crippen molar-refractivity contribution < 1.29 is 13.5 Å². The van der Waals surface area contributed by atoms with Gasteiger partial charge in [-0.2, -0.15) is 15.3 Å². The Bertz CT molecular complexity index is 826. The molecule has 0 aliphatic carbocycles. The molecule has 1 aliphatic rings. The molecule has 1 aliphatic heterocycles. The van der Waals surface area contributed by atoms with Crippen LogP contribution in [0.25, 0.3) is 17.1 Å². The summed E-state index contributed by atoms with van der Waals surface area (Å²) in [7, 11) is 1.56. The molecular formula is C17H20F2N6O. The molecule has 0 unspecified atom stereocenters. The number of aromatic amines is 1. The Morgan fingerprint density at radius 3 is 2.81 bits per heavy atom. The van der Waals surface area contributed by atoms with E-state index in [-0.39, 0.29) is 11.4 Å². The van der Waals surface area contributed by atoms with Gasteiger partial charge in [0.15, 0.2) is 11.6 Å². The summed E-state index contributed by atoms with van der Waals surface area (Å²) in [5.74, 6) is -0.718. The first-order chi connectivity index (χ1) is 12.6. The highest BCUT2D eigenvalue weighted by atomic mass is 19.1. The summed E-state index contributed by atoms with van der Waals surface area (Å²) in [6.07, 6.45) is 0. The summed E-state index contributed by atoms with van der Waals surface area (Å²) in [5.41, 5.74) is 1.47. The van der Waals surface area contributed by atoms with Gasteiger partial charge in [0.25, 0.3) is 0 Å². The molecule has 1 aromatic carbocycles. The number of nitrogens with one attached hydrogen (secondary N) is 1. The second kappa shape index (κ2) is 8.24. The van der Waals surface area contributed by atoms with E-state index in [1.165, 1.54) is 0 Å². The lowest BCUT2D eigenvalue weighted by Gasteiger charge is -2.27. The molecule has 0 spiro atoms. The second-order valence-corrected chi connectivity index (χ2v) is 5.95. The molecule has 0 amide bonds. The zero-order chi connectivity index (χ0) is 18.5. The van der Waals surface area contributed by atoms with Crippen LogP contribution in [0, 0.1) is 11.6 Å². The van der Waals surface area contributed by atoms with E-state index in [2.05, 4.69) is 30.3 Å². The van der Waals surface area contributed by atoms with Gasteiger partial charge in [0.1, 0.15) is 17.3 Å². The fourth-order valence-electron chi connectivity index (χ4n) is 2.76. The molecule has 138 valence electrons. The van der Waals surface area contributed by atoms with Gasteiger partial charge in [0.05, 0.1) is 18.8 Å².